The number of hydrogen-bond donors (Lipinski definition) is 2. The van der Waals surface area contributed by atoms with Gasteiger partial charge in [0.05, 0.1) is 17.0 Å². The summed E-state index contributed by atoms with van der Waals surface area (Å²) in [6.07, 6.45) is 2.98. The number of piperidine rings is 1. The minimum atomic E-state index is -1.02. The van der Waals surface area contributed by atoms with Crippen LogP contribution in [0.25, 0.3) is 0 Å². The Hall–Kier alpha value is -1.88. The molecule has 2 aliphatic heterocycles. The van der Waals surface area contributed by atoms with E-state index in [2.05, 4.69) is 18.3 Å². The molecule has 6 rings (SSSR count). The van der Waals surface area contributed by atoms with Crippen LogP contribution in [0.2, 0.25) is 0 Å². The number of nitrogens with one attached hydrogen (secondary N) is 1. The minimum absolute atomic E-state index is 0.0666. The molecule has 0 aromatic heterocycles. The van der Waals surface area contributed by atoms with E-state index in [1.54, 1.807) is 0 Å². The molecule has 1 amide bonds. The van der Waals surface area contributed by atoms with Gasteiger partial charge in [-0.3, -0.25) is 9.59 Å². The summed E-state index contributed by atoms with van der Waals surface area (Å²) in [5.74, 6) is -0.0666. The average Bonchev–Trinajstić information content (AvgIpc) is 2.88. The van der Waals surface area contributed by atoms with Crippen LogP contribution >= 0.6 is 0 Å². The zero-order valence-corrected chi connectivity index (χ0v) is 13.8. The van der Waals surface area contributed by atoms with E-state index < -0.39 is 22.5 Å². The number of Topliss-reactive ketones (excluding diaryl/α,β-unsaturated/α-hetero) is 1. The molecule has 5 heteroatoms. The average molecular weight is 326 g/mol. The predicted molar refractivity (Wildman–Crippen MR) is 88.6 cm³/mol. The molecule has 2 heterocycles. The quantitative estimate of drug-likeness (QED) is 0.767. The minimum Gasteiger partial charge on any atom is -0.383 e. The molecule has 5 aliphatic rings. The molecule has 2 N–H and O–H groups in total. The number of carbonyl (C=O) groups excluding carboxylic acids is 2. The van der Waals surface area contributed by atoms with Crippen LogP contribution in [0.3, 0.4) is 0 Å². The van der Waals surface area contributed by atoms with Crippen LogP contribution in [0.1, 0.15) is 38.2 Å². The molecule has 3 saturated carbocycles. The van der Waals surface area contributed by atoms with E-state index in [9.17, 15) is 14.7 Å². The van der Waals surface area contributed by atoms with Gasteiger partial charge in [0, 0.05) is 17.6 Å². The Kier molecular flexibility index (Phi) is 2.53. The number of aliphatic hydroxyl groups excluding tert-OH is 1. The maximum atomic E-state index is 13.2. The maximum Gasteiger partial charge on any atom is 0.210 e. The molecule has 1 unspecified atom stereocenters. The van der Waals surface area contributed by atoms with E-state index in [0.717, 1.165) is 43.3 Å². The number of benzene rings is 1. The van der Waals surface area contributed by atoms with Gasteiger partial charge in [0.15, 0.2) is 5.78 Å². The SMILES string of the molecule is C[C@]12c3ccccc3N[C@@]13CC[C@]1(CCCN(C=O)[C@H]12)C(=O)C3O. The van der Waals surface area contributed by atoms with Crippen molar-refractivity contribution in [1.29, 1.82) is 0 Å². The summed E-state index contributed by atoms with van der Waals surface area (Å²) >= 11 is 0. The van der Waals surface area contributed by atoms with E-state index in [0.29, 0.717) is 6.54 Å². The van der Waals surface area contributed by atoms with E-state index in [1.807, 2.05) is 23.1 Å². The lowest BCUT2D eigenvalue weighted by Crippen LogP contribution is -2.82. The Morgan fingerprint density at radius 3 is 2.88 bits per heavy atom. The fourth-order valence-corrected chi connectivity index (χ4v) is 6.58. The summed E-state index contributed by atoms with van der Waals surface area (Å²) in [7, 11) is 0. The first-order chi connectivity index (χ1) is 11.5. The fourth-order valence-electron chi connectivity index (χ4n) is 6.58. The molecule has 1 aromatic carbocycles. The Morgan fingerprint density at radius 1 is 1.29 bits per heavy atom. The lowest BCUT2D eigenvalue weighted by molar-refractivity contribution is -0.187. The highest BCUT2D eigenvalue weighted by Crippen LogP contribution is 2.68. The highest BCUT2D eigenvalue weighted by atomic mass is 16.3. The van der Waals surface area contributed by atoms with Gasteiger partial charge >= 0.3 is 0 Å². The first-order valence-electron chi connectivity index (χ1n) is 8.82. The van der Waals surface area contributed by atoms with Crippen LogP contribution in [-0.4, -0.2) is 46.4 Å². The number of para-hydroxylation sites is 1. The van der Waals surface area contributed by atoms with Crippen LogP contribution in [0.5, 0.6) is 0 Å². The zero-order valence-electron chi connectivity index (χ0n) is 13.8. The summed E-state index contributed by atoms with van der Waals surface area (Å²) in [4.78, 5) is 26.9. The van der Waals surface area contributed by atoms with Crippen LogP contribution in [0.4, 0.5) is 5.69 Å². The number of hydrogen-bond acceptors (Lipinski definition) is 4. The Bertz CT molecular complexity index is 765. The third-order valence-electron chi connectivity index (χ3n) is 7.52. The molecule has 4 fully saturated rings. The molecular weight excluding hydrogens is 304 g/mol. The Morgan fingerprint density at radius 2 is 2.08 bits per heavy atom. The van der Waals surface area contributed by atoms with E-state index >= 15 is 0 Å². The van der Waals surface area contributed by atoms with E-state index in [1.165, 1.54) is 0 Å². The molecular formula is C19H22N2O3. The summed E-state index contributed by atoms with van der Waals surface area (Å²) in [5.41, 5.74) is 0.337. The van der Waals surface area contributed by atoms with E-state index in [4.69, 9.17) is 0 Å². The van der Waals surface area contributed by atoms with Crippen molar-refractivity contribution < 1.29 is 14.7 Å². The number of fused-ring (bicyclic) bond motifs is 3. The van der Waals surface area contributed by atoms with Gasteiger partial charge in [0.25, 0.3) is 0 Å². The second-order valence-corrected chi connectivity index (χ2v) is 8.12. The third-order valence-corrected chi connectivity index (χ3v) is 7.52. The van der Waals surface area contributed by atoms with Crippen LogP contribution in [0.15, 0.2) is 24.3 Å². The molecule has 2 spiro atoms. The van der Waals surface area contributed by atoms with E-state index in [-0.39, 0.29) is 11.8 Å². The molecule has 1 aromatic rings. The predicted octanol–water partition coefficient (Wildman–Crippen LogP) is 1.45. The van der Waals surface area contributed by atoms with Crippen LogP contribution in [-0.2, 0) is 15.0 Å². The third kappa shape index (κ3) is 1.24. The molecule has 5 nitrogen and oxygen atoms in total. The molecule has 2 bridgehead atoms. The number of ketones is 1. The molecule has 1 saturated heterocycles. The van der Waals surface area contributed by atoms with Crippen molar-refractivity contribution in [1.82, 2.24) is 4.90 Å². The van der Waals surface area contributed by atoms with Crippen LogP contribution in [0, 0.1) is 5.41 Å². The van der Waals surface area contributed by atoms with Gasteiger partial charge in [-0.15, -0.1) is 0 Å². The highest BCUT2D eigenvalue weighted by molar-refractivity contribution is 5.97. The molecule has 3 aliphatic carbocycles. The summed E-state index contributed by atoms with van der Waals surface area (Å²) in [6.45, 7) is 2.83. The summed E-state index contributed by atoms with van der Waals surface area (Å²) in [6, 6.07) is 7.89. The second-order valence-electron chi connectivity index (χ2n) is 8.12. The standard InChI is InChI=1S/C19H22N2O3/c1-17-12-5-2-3-6-13(12)20-19(17)9-8-18(14(23)15(19)24)7-4-10-21(11-22)16(17)18/h2-3,5-6,11,15-16,20,24H,4,7-10H2,1H3/t15?,16-,17+,18+,19+/m0/s1. The van der Waals surface area contributed by atoms with Gasteiger partial charge in [-0.2, -0.15) is 0 Å². The van der Waals surface area contributed by atoms with Gasteiger partial charge in [-0.05, 0) is 37.3 Å². The van der Waals surface area contributed by atoms with Gasteiger partial charge in [0.2, 0.25) is 6.41 Å². The monoisotopic (exact) mass is 326 g/mol. The lowest BCUT2D eigenvalue weighted by Gasteiger charge is -2.68. The number of amides is 1. The molecule has 126 valence electrons. The molecule has 0 radical (unpaired) electrons. The largest absolute Gasteiger partial charge is 0.383 e. The lowest BCUT2D eigenvalue weighted by atomic mass is 9.40. The fraction of sp³-hybridized carbons (Fsp3) is 0.579. The van der Waals surface area contributed by atoms with Crippen molar-refractivity contribution >= 4 is 17.9 Å². The Balaban J connectivity index is 1.83. The molecule has 24 heavy (non-hydrogen) atoms. The number of likely N-dealkylation sites (tertiary alicyclic amines) is 1. The Labute approximate surface area is 141 Å². The number of rotatable bonds is 1. The van der Waals surface area contributed by atoms with Gasteiger partial charge in [-0.25, -0.2) is 0 Å². The van der Waals surface area contributed by atoms with Gasteiger partial charge in [0.1, 0.15) is 6.10 Å². The summed E-state index contributed by atoms with van der Waals surface area (Å²) in [5, 5.41) is 14.6. The number of aliphatic hydroxyl groups is 1. The van der Waals surface area contributed by atoms with Gasteiger partial charge in [-0.1, -0.05) is 25.1 Å². The van der Waals surface area contributed by atoms with Crippen molar-refractivity contribution in [3.63, 3.8) is 0 Å². The smallest absolute Gasteiger partial charge is 0.210 e. The maximum absolute atomic E-state index is 13.2. The first kappa shape index (κ1) is 14.5. The topological polar surface area (TPSA) is 69.6 Å². The number of anilines is 1. The zero-order chi connectivity index (χ0) is 16.7. The van der Waals surface area contributed by atoms with Crippen molar-refractivity contribution in [3.05, 3.63) is 29.8 Å². The first-order valence-corrected chi connectivity index (χ1v) is 8.82. The second kappa shape index (κ2) is 4.20. The summed E-state index contributed by atoms with van der Waals surface area (Å²) < 4.78 is 0. The van der Waals surface area contributed by atoms with Gasteiger partial charge < -0.3 is 15.3 Å². The van der Waals surface area contributed by atoms with Crippen molar-refractivity contribution in [3.8, 4) is 0 Å². The molecule has 5 atom stereocenters. The van der Waals surface area contributed by atoms with Crippen molar-refractivity contribution in [2.24, 2.45) is 5.41 Å². The van der Waals surface area contributed by atoms with Crippen LogP contribution < -0.4 is 5.32 Å². The normalized spacial score (nSPS) is 45.2. The number of nitrogens with zero attached hydrogens (tertiary/aromatic N) is 1. The highest BCUT2D eigenvalue weighted by Gasteiger charge is 2.78. The number of carbonyl (C=O) groups is 2. The van der Waals surface area contributed by atoms with Crippen molar-refractivity contribution in [2.75, 3.05) is 11.9 Å². The van der Waals surface area contributed by atoms with Crippen molar-refractivity contribution in [2.45, 2.75) is 55.7 Å².